The topological polar surface area (TPSA) is 157 Å². The average molecular weight is 669 g/mol. The molecule has 2 fully saturated rings. The summed E-state index contributed by atoms with van der Waals surface area (Å²) in [7, 11) is -1.76. The van der Waals surface area contributed by atoms with E-state index in [1.165, 1.54) is 18.4 Å². The van der Waals surface area contributed by atoms with E-state index in [0.717, 1.165) is 37.8 Å². The van der Waals surface area contributed by atoms with Crippen LogP contribution in [0.1, 0.15) is 59.3 Å². The number of nitrogens with one attached hydrogen (secondary N) is 4. The van der Waals surface area contributed by atoms with E-state index in [0.29, 0.717) is 29.1 Å². The lowest BCUT2D eigenvalue weighted by molar-refractivity contribution is -0.156. The molecule has 16 heteroatoms. The summed E-state index contributed by atoms with van der Waals surface area (Å²) in [6, 6.07) is 7.03. The molecule has 242 valence electrons. The minimum absolute atomic E-state index is 0.0496. The molecular weight excluding hydrogens is 627 g/mol. The van der Waals surface area contributed by atoms with Crippen LogP contribution in [0.15, 0.2) is 24.3 Å². The van der Waals surface area contributed by atoms with Gasteiger partial charge in [0, 0.05) is 10.9 Å². The minimum Gasteiger partial charge on any atom is -0.461 e. The molecule has 0 radical (unpaired) electrons. The smallest absolute Gasteiger partial charge is 0.326 e. The lowest BCUT2D eigenvalue weighted by Gasteiger charge is -2.31. The van der Waals surface area contributed by atoms with Crippen molar-refractivity contribution in [2.45, 2.75) is 83.3 Å². The number of esters is 1. The fourth-order valence-corrected chi connectivity index (χ4v) is 7.11. The van der Waals surface area contributed by atoms with E-state index in [1.807, 2.05) is 6.26 Å². The molecule has 1 saturated heterocycles. The van der Waals surface area contributed by atoms with E-state index >= 15 is 0 Å². The van der Waals surface area contributed by atoms with E-state index in [2.05, 4.69) is 42.5 Å². The Hall–Kier alpha value is -2.32. The highest BCUT2D eigenvalue weighted by Crippen LogP contribution is 2.43. The highest BCUT2D eigenvalue weighted by molar-refractivity contribution is 7.96. The maximum absolute atomic E-state index is 13.2. The van der Waals surface area contributed by atoms with Crippen molar-refractivity contribution >= 4 is 61.3 Å². The third kappa shape index (κ3) is 8.28. The molecule has 2 aliphatic heterocycles. The summed E-state index contributed by atoms with van der Waals surface area (Å²) in [5.74, 6) is 1.82. The van der Waals surface area contributed by atoms with Crippen LogP contribution in [0.2, 0.25) is 5.02 Å². The molecule has 3 heterocycles. The van der Waals surface area contributed by atoms with Crippen molar-refractivity contribution in [1.29, 1.82) is 0 Å². The zero-order valence-electron chi connectivity index (χ0n) is 25.5. The number of rotatable bonds is 13. The maximum Gasteiger partial charge on any atom is 0.326 e. The Morgan fingerprint density at radius 1 is 1.25 bits per heavy atom. The number of ether oxygens (including phenoxy) is 2. The number of fused-ring (bicyclic) bond motifs is 1. The van der Waals surface area contributed by atoms with Gasteiger partial charge in [-0.3, -0.25) is 10.2 Å². The summed E-state index contributed by atoms with van der Waals surface area (Å²) in [5, 5.41) is 7.23. The van der Waals surface area contributed by atoms with Crippen LogP contribution in [0.4, 0.5) is 23.3 Å². The lowest BCUT2D eigenvalue weighted by Crippen LogP contribution is -2.47. The maximum atomic E-state index is 13.2. The number of nitrogens with two attached hydrogens (primary N) is 1. The van der Waals surface area contributed by atoms with Crippen molar-refractivity contribution in [3.63, 3.8) is 0 Å². The molecule has 2 aromatic rings. The number of hydrazine groups is 1. The minimum atomic E-state index is -1.76. The normalized spacial score (nSPS) is 22.8. The van der Waals surface area contributed by atoms with Gasteiger partial charge in [0.25, 0.3) is 0 Å². The van der Waals surface area contributed by atoms with Gasteiger partial charge in [-0.25, -0.2) is 5.09 Å². The van der Waals surface area contributed by atoms with E-state index < -0.39 is 14.1 Å². The van der Waals surface area contributed by atoms with Gasteiger partial charge in [-0.1, -0.05) is 36.9 Å². The zero-order chi connectivity index (χ0) is 31.3. The van der Waals surface area contributed by atoms with E-state index in [9.17, 15) is 4.79 Å². The third-order valence-electron chi connectivity index (χ3n) is 7.72. The first kappa shape index (κ1) is 33.1. The molecule has 13 nitrogen and oxygen atoms in total. The van der Waals surface area contributed by atoms with Gasteiger partial charge in [-0.15, -0.1) is 0 Å². The number of aromatic nitrogens is 2. The fraction of sp³-hybridized carbons (Fsp3) is 0.607. The van der Waals surface area contributed by atoms with Gasteiger partial charge >= 0.3 is 14.5 Å². The number of hydrogen-bond acceptors (Lipinski definition) is 14. The quantitative estimate of drug-likeness (QED) is 0.0798. The van der Waals surface area contributed by atoms with Crippen LogP contribution in [0.3, 0.4) is 0 Å². The molecule has 1 aromatic carbocycles. The summed E-state index contributed by atoms with van der Waals surface area (Å²) in [5.41, 5.74) is 8.79. The Morgan fingerprint density at radius 3 is 2.73 bits per heavy atom. The second-order valence-corrected chi connectivity index (χ2v) is 14.0. The second kappa shape index (κ2) is 14.8. The van der Waals surface area contributed by atoms with E-state index in [-0.39, 0.29) is 42.9 Å². The van der Waals surface area contributed by atoms with Gasteiger partial charge in [0.1, 0.15) is 29.3 Å². The SMILES string of the molecule is CSNNc1nc(N)nc2c1NCN2C1OC(COP(NC(C)(C)C(=O)OC2CCCCC2)Oc2ccc(Cl)cc2)CC1C. The Balaban J connectivity index is 1.24. The van der Waals surface area contributed by atoms with Crippen LogP contribution in [-0.2, 0) is 18.8 Å². The first-order valence-electron chi connectivity index (χ1n) is 14.9. The highest BCUT2D eigenvalue weighted by atomic mass is 35.5. The molecule has 0 amide bonds. The molecule has 6 N–H and O–H groups in total. The molecule has 1 aliphatic carbocycles. The number of nitrogens with zero attached hydrogens (tertiary/aromatic N) is 3. The predicted molar refractivity (Wildman–Crippen MR) is 175 cm³/mol. The van der Waals surface area contributed by atoms with Crippen molar-refractivity contribution in [2.75, 3.05) is 40.9 Å². The molecule has 0 bridgehead atoms. The molecule has 3 aliphatic rings. The van der Waals surface area contributed by atoms with Gasteiger partial charge in [-0.2, -0.15) is 14.8 Å². The number of halogens is 1. The van der Waals surface area contributed by atoms with Crippen LogP contribution < -0.4 is 35.8 Å². The first-order chi connectivity index (χ1) is 21.1. The van der Waals surface area contributed by atoms with Crippen LogP contribution in [-0.4, -0.2) is 59.4 Å². The summed E-state index contributed by atoms with van der Waals surface area (Å²) in [6.07, 6.45) is 7.27. The molecule has 1 aromatic heterocycles. The van der Waals surface area contributed by atoms with Crippen LogP contribution in [0.25, 0.3) is 0 Å². The molecular formula is C28H42ClN8O5PS. The van der Waals surface area contributed by atoms with Crippen LogP contribution in [0, 0.1) is 5.92 Å². The Bertz CT molecular complexity index is 1280. The van der Waals surface area contributed by atoms with E-state index in [1.54, 1.807) is 38.1 Å². The predicted octanol–water partition coefficient (Wildman–Crippen LogP) is 5.41. The number of benzene rings is 1. The second-order valence-electron chi connectivity index (χ2n) is 11.7. The van der Waals surface area contributed by atoms with Crippen molar-refractivity contribution < 1.29 is 23.3 Å². The molecule has 5 rings (SSSR count). The third-order valence-corrected chi connectivity index (χ3v) is 9.78. The number of carbonyl (C=O) groups is 1. The summed E-state index contributed by atoms with van der Waals surface area (Å²) in [4.78, 5) is 27.0. The van der Waals surface area contributed by atoms with Gasteiger partial charge < -0.3 is 34.5 Å². The van der Waals surface area contributed by atoms with Crippen molar-refractivity contribution in [3.8, 4) is 5.75 Å². The Kier molecular flexibility index (Phi) is 11.2. The van der Waals surface area contributed by atoms with Crippen LogP contribution in [0.5, 0.6) is 5.75 Å². The summed E-state index contributed by atoms with van der Waals surface area (Å²) in [6.45, 7) is 6.46. The molecule has 4 unspecified atom stereocenters. The zero-order valence-corrected chi connectivity index (χ0v) is 27.9. The number of nitrogen functional groups attached to an aromatic ring is 1. The number of hydrogen-bond donors (Lipinski definition) is 5. The Labute approximate surface area is 269 Å². The molecule has 0 spiro atoms. The largest absolute Gasteiger partial charge is 0.461 e. The van der Waals surface area contributed by atoms with E-state index in [4.69, 9.17) is 35.9 Å². The Morgan fingerprint density at radius 2 is 2.00 bits per heavy atom. The highest BCUT2D eigenvalue weighted by Gasteiger charge is 2.42. The standard InChI is InChI=1S/C28H42ClN8O5PS/c1-17-14-21(40-25(17)37-16-31-22-23(34-36-44-4)32-27(30)33-24(22)37)15-39-43(42-20-12-10-18(29)11-13-20)35-28(2,3)26(38)41-19-8-6-5-7-9-19/h10-13,17,19,21,25,31,35-36H,5-9,14-16H2,1-4H3,(H3,30,32,33,34). The van der Waals surface area contributed by atoms with Gasteiger partial charge in [0.15, 0.2) is 11.6 Å². The summed E-state index contributed by atoms with van der Waals surface area (Å²) >= 11 is 7.49. The van der Waals surface area contributed by atoms with Gasteiger partial charge in [0.05, 0.1) is 19.4 Å². The van der Waals surface area contributed by atoms with Gasteiger partial charge in [-0.05, 0) is 76.5 Å². The van der Waals surface area contributed by atoms with Crippen molar-refractivity contribution in [1.82, 2.24) is 19.9 Å². The number of anilines is 4. The lowest BCUT2D eigenvalue weighted by atomic mass is 9.97. The molecule has 1 saturated carbocycles. The van der Waals surface area contributed by atoms with Crippen molar-refractivity contribution in [2.24, 2.45) is 5.92 Å². The molecule has 4 atom stereocenters. The van der Waals surface area contributed by atoms with Crippen molar-refractivity contribution in [3.05, 3.63) is 29.3 Å². The van der Waals surface area contributed by atoms with Gasteiger partial charge in [0.2, 0.25) is 5.95 Å². The first-order valence-corrected chi connectivity index (χ1v) is 17.6. The van der Waals surface area contributed by atoms with Crippen LogP contribution >= 0.6 is 32.1 Å². The fourth-order valence-electron chi connectivity index (χ4n) is 5.46. The summed E-state index contributed by atoms with van der Waals surface area (Å²) < 4.78 is 24.9. The average Bonchev–Trinajstić information content (AvgIpc) is 3.58. The molecule has 44 heavy (non-hydrogen) atoms. The number of carbonyl (C=O) groups excluding carboxylic acids is 1. The monoisotopic (exact) mass is 668 g/mol.